The number of ether oxygens (including phenoxy) is 2. The maximum absolute atomic E-state index is 11.8. The standard InChI is InChI=1S/C10H16O3S/c1-12-9(11)10(6-8-7-13-8)2-4-14-5-3-10/h8H,2-7H2,1H3. The smallest absolute Gasteiger partial charge is 0.311 e. The van der Waals surface area contributed by atoms with Crippen LogP contribution in [0.25, 0.3) is 0 Å². The van der Waals surface area contributed by atoms with Gasteiger partial charge in [0.15, 0.2) is 0 Å². The molecule has 4 heteroatoms. The van der Waals surface area contributed by atoms with Gasteiger partial charge in [-0.25, -0.2) is 0 Å². The van der Waals surface area contributed by atoms with Crippen molar-refractivity contribution in [3.8, 4) is 0 Å². The highest BCUT2D eigenvalue weighted by Crippen LogP contribution is 2.42. The van der Waals surface area contributed by atoms with Crippen LogP contribution in [0.2, 0.25) is 0 Å². The number of carbonyl (C=O) groups excluding carboxylic acids is 1. The predicted molar refractivity (Wildman–Crippen MR) is 55.4 cm³/mol. The summed E-state index contributed by atoms with van der Waals surface area (Å²) in [5.41, 5.74) is -0.235. The Balaban J connectivity index is 2.04. The van der Waals surface area contributed by atoms with E-state index in [9.17, 15) is 4.79 Å². The summed E-state index contributed by atoms with van der Waals surface area (Å²) in [5, 5.41) is 0. The zero-order valence-electron chi connectivity index (χ0n) is 8.45. The zero-order valence-corrected chi connectivity index (χ0v) is 9.27. The molecule has 2 heterocycles. The summed E-state index contributed by atoms with van der Waals surface area (Å²) >= 11 is 1.92. The number of carbonyl (C=O) groups is 1. The largest absolute Gasteiger partial charge is 0.469 e. The van der Waals surface area contributed by atoms with E-state index in [1.165, 1.54) is 7.11 Å². The molecule has 2 aliphatic rings. The summed E-state index contributed by atoms with van der Waals surface area (Å²) in [6.45, 7) is 0.825. The molecule has 0 aliphatic carbocycles. The molecule has 0 amide bonds. The second-order valence-electron chi connectivity index (χ2n) is 4.04. The second kappa shape index (κ2) is 4.11. The molecule has 0 aromatic rings. The van der Waals surface area contributed by atoms with Crippen molar-refractivity contribution in [3.05, 3.63) is 0 Å². The minimum atomic E-state index is -0.235. The SMILES string of the molecule is COC(=O)C1(CC2CO2)CCSCC1. The minimum Gasteiger partial charge on any atom is -0.469 e. The maximum Gasteiger partial charge on any atom is 0.311 e. The van der Waals surface area contributed by atoms with E-state index < -0.39 is 0 Å². The van der Waals surface area contributed by atoms with Crippen molar-refractivity contribution in [2.24, 2.45) is 5.41 Å². The van der Waals surface area contributed by atoms with Gasteiger partial charge in [0.25, 0.3) is 0 Å². The van der Waals surface area contributed by atoms with Gasteiger partial charge < -0.3 is 9.47 Å². The van der Waals surface area contributed by atoms with E-state index in [0.717, 1.165) is 37.4 Å². The van der Waals surface area contributed by atoms with Crippen LogP contribution in [-0.4, -0.2) is 37.3 Å². The molecule has 3 nitrogen and oxygen atoms in total. The van der Waals surface area contributed by atoms with Crippen molar-refractivity contribution in [3.63, 3.8) is 0 Å². The Morgan fingerprint density at radius 2 is 2.21 bits per heavy atom. The third kappa shape index (κ3) is 2.06. The molecule has 2 aliphatic heterocycles. The summed E-state index contributed by atoms with van der Waals surface area (Å²) in [5.74, 6) is 2.11. The Hall–Kier alpha value is -0.220. The third-order valence-electron chi connectivity index (χ3n) is 3.09. The molecule has 0 N–H and O–H groups in total. The van der Waals surface area contributed by atoms with Crippen LogP contribution in [0.5, 0.6) is 0 Å². The van der Waals surface area contributed by atoms with Gasteiger partial charge in [0, 0.05) is 0 Å². The Morgan fingerprint density at radius 1 is 1.57 bits per heavy atom. The lowest BCUT2D eigenvalue weighted by atomic mass is 9.78. The summed E-state index contributed by atoms with van der Waals surface area (Å²) in [6, 6.07) is 0. The first-order valence-electron chi connectivity index (χ1n) is 5.05. The first kappa shape index (κ1) is 10.3. The van der Waals surface area contributed by atoms with E-state index in [-0.39, 0.29) is 11.4 Å². The van der Waals surface area contributed by atoms with Crippen molar-refractivity contribution in [2.75, 3.05) is 25.2 Å². The summed E-state index contributed by atoms with van der Waals surface area (Å²) < 4.78 is 10.1. The number of epoxide rings is 1. The van der Waals surface area contributed by atoms with Gasteiger partial charge in [-0.15, -0.1) is 0 Å². The fourth-order valence-electron chi connectivity index (χ4n) is 2.09. The molecule has 0 saturated carbocycles. The molecule has 0 aromatic carbocycles. The normalized spacial score (nSPS) is 29.6. The molecule has 0 radical (unpaired) electrons. The minimum absolute atomic E-state index is 0.0340. The highest BCUT2D eigenvalue weighted by Gasteiger charge is 2.45. The highest BCUT2D eigenvalue weighted by atomic mass is 32.2. The van der Waals surface area contributed by atoms with Crippen molar-refractivity contribution < 1.29 is 14.3 Å². The summed E-state index contributed by atoms with van der Waals surface area (Å²) in [6.07, 6.45) is 3.08. The molecule has 80 valence electrons. The van der Waals surface area contributed by atoms with Crippen LogP contribution in [0.4, 0.5) is 0 Å². The second-order valence-corrected chi connectivity index (χ2v) is 5.27. The Bertz CT molecular complexity index is 219. The van der Waals surface area contributed by atoms with Crippen molar-refractivity contribution >= 4 is 17.7 Å². The van der Waals surface area contributed by atoms with Crippen LogP contribution in [-0.2, 0) is 14.3 Å². The summed E-state index contributed by atoms with van der Waals surface area (Å²) in [7, 11) is 1.49. The van der Waals surface area contributed by atoms with Crippen LogP contribution < -0.4 is 0 Å². The Kier molecular flexibility index (Phi) is 3.02. The monoisotopic (exact) mass is 216 g/mol. The number of hydrogen-bond acceptors (Lipinski definition) is 4. The molecule has 0 aromatic heterocycles. The van der Waals surface area contributed by atoms with Crippen LogP contribution in [0.3, 0.4) is 0 Å². The molecule has 14 heavy (non-hydrogen) atoms. The average Bonchev–Trinajstić information content (AvgIpc) is 3.02. The van der Waals surface area contributed by atoms with E-state index in [1.807, 2.05) is 11.8 Å². The Labute approximate surface area is 88.5 Å². The number of esters is 1. The first-order chi connectivity index (χ1) is 6.77. The first-order valence-corrected chi connectivity index (χ1v) is 6.20. The van der Waals surface area contributed by atoms with Crippen molar-refractivity contribution in [1.29, 1.82) is 0 Å². The lowest BCUT2D eigenvalue weighted by Crippen LogP contribution is -2.37. The highest BCUT2D eigenvalue weighted by molar-refractivity contribution is 7.99. The third-order valence-corrected chi connectivity index (χ3v) is 4.07. The van der Waals surface area contributed by atoms with Gasteiger partial charge in [0.1, 0.15) is 0 Å². The molecule has 1 unspecified atom stereocenters. The van der Waals surface area contributed by atoms with Gasteiger partial charge >= 0.3 is 5.97 Å². The number of methoxy groups -OCH3 is 1. The van der Waals surface area contributed by atoms with Gasteiger partial charge in [-0.05, 0) is 30.8 Å². The topological polar surface area (TPSA) is 38.8 Å². The lowest BCUT2D eigenvalue weighted by molar-refractivity contribution is -0.154. The molecular formula is C10H16O3S. The molecule has 1 atom stereocenters. The Morgan fingerprint density at radius 3 is 2.71 bits per heavy atom. The zero-order chi connectivity index (χ0) is 10.0. The molecule has 2 saturated heterocycles. The fourth-order valence-corrected chi connectivity index (χ4v) is 3.37. The maximum atomic E-state index is 11.8. The predicted octanol–water partition coefficient (Wildman–Crippen LogP) is 1.46. The fraction of sp³-hybridized carbons (Fsp3) is 0.900. The molecule has 0 spiro atoms. The summed E-state index contributed by atoms with van der Waals surface area (Å²) in [4.78, 5) is 11.8. The van der Waals surface area contributed by atoms with Gasteiger partial charge in [0.2, 0.25) is 0 Å². The van der Waals surface area contributed by atoms with Crippen LogP contribution in [0.1, 0.15) is 19.3 Å². The van der Waals surface area contributed by atoms with E-state index in [0.29, 0.717) is 6.10 Å². The molecule has 2 rings (SSSR count). The van der Waals surface area contributed by atoms with Crippen LogP contribution in [0.15, 0.2) is 0 Å². The van der Waals surface area contributed by atoms with Crippen LogP contribution >= 0.6 is 11.8 Å². The average molecular weight is 216 g/mol. The molecule has 2 fully saturated rings. The van der Waals surface area contributed by atoms with E-state index in [2.05, 4.69) is 0 Å². The van der Waals surface area contributed by atoms with E-state index in [1.54, 1.807) is 0 Å². The van der Waals surface area contributed by atoms with E-state index >= 15 is 0 Å². The lowest BCUT2D eigenvalue weighted by Gasteiger charge is -2.33. The van der Waals surface area contributed by atoms with Gasteiger partial charge in [-0.3, -0.25) is 4.79 Å². The number of rotatable bonds is 3. The molecule has 0 bridgehead atoms. The number of hydrogen-bond donors (Lipinski definition) is 0. The quantitative estimate of drug-likeness (QED) is 0.529. The van der Waals surface area contributed by atoms with Gasteiger partial charge in [-0.2, -0.15) is 11.8 Å². The number of thioether (sulfide) groups is 1. The van der Waals surface area contributed by atoms with Gasteiger partial charge in [-0.1, -0.05) is 0 Å². The van der Waals surface area contributed by atoms with Crippen molar-refractivity contribution in [1.82, 2.24) is 0 Å². The van der Waals surface area contributed by atoms with Crippen molar-refractivity contribution in [2.45, 2.75) is 25.4 Å². The molecular weight excluding hydrogens is 200 g/mol. The van der Waals surface area contributed by atoms with E-state index in [4.69, 9.17) is 9.47 Å². The van der Waals surface area contributed by atoms with Gasteiger partial charge in [0.05, 0.1) is 25.2 Å². The van der Waals surface area contributed by atoms with Crippen LogP contribution in [0, 0.1) is 5.41 Å².